The van der Waals surface area contributed by atoms with Crippen LogP contribution in [-0.4, -0.2) is 87.5 Å². The van der Waals surface area contributed by atoms with Gasteiger partial charge in [0.1, 0.15) is 18.2 Å². The first-order valence-electron chi connectivity index (χ1n) is 13.7. The number of hydrogen-bond acceptors (Lipinski definition) is 8. The summed E-state index contributed by atoms with van der Waals surface area (Å²) < 4.78 is 30.9. The summed E-state index contributed by atoms with van der Waals surface area (Å²) in [6.45, 7) is 8.77. The summed E-state index contributed by atoms with van der Waals surface area (Å²) in [6, 6.07) is 12.9. The molecule has 2 aliphatic rings. The third-order valence-electron chi connectivity index (χ3n) is 7.00. The molecule has 0 radical (unpaired) electrons. The summed E-state index contributed by atoms with van der Waals surface area (Å²) >= 11 is 0. The lowest BCUT2D eigenvalue weighted by atomic mass is 10.1. The standard InChI is InChI=1S/C30H34FN5O5/c1-21-28(30(38)33-24-2-4-27(5-3-24)41-15-8-35-6-11-39-12-7-35)19-25(20-32-21)34-29(37)22-16-23(31)18-26(17-22)36-9-13-40-14-10-36/h2-5,16-20H,6-15H2,1H3,(H,33,38)(H,34,37). The van der Waals surface area contributed by atoms with E-state index in [9.17, 15) is 14.0 Å². The monoisotopic (exact) mass is 563 g/mol. The molecule has 0 atom stereocenters. The average Bonchev–Trinajstić information content (AvgIpc) is 2.99. The number of ether oxygens (including phenoxy) is 3. The van der Waals surface area contributed by atoms with Crippen LogP contribution in [0.25, 0.3) is 0 Å². The molecule has 41 heavy (non-hydrogen) atoms. The first-order chi connectivity index (χ1) is 19.9. The van der Waals surface area contributed by atoms with Gasteiger partial charge in [-0.15, -0.1) is 0 Å². The van der Waals surface area contributed by atoms with Gasteiger partial charge >= 0.3 is 0 Å². The highest BCUT2D eigenvalue weighted by molar-refractivity contribution is 6.08. The fourth-order valence-corrected chi connectivity index (χ4v) is 4.69. The molecule has 5 rings (SSSR count). The molecule has 1 aromatic heterocycles. The van der Waals surface area contributed by atoms with E-state index in [1.54, 1.807) is 43.3 Å². The number of rotatable bonds is 9. The molecule has 0 saturated carbocycles. The smallest absolute Gasteiger partial charge is 0.257 e. The zero-order valence-electron chi connectivity index (χ0n) is 23.0. The first-order valence-corrected chi connectivity index (χ1v) is 13.7. The highest BCUT2D eigenvalue weighted by Gasteiger charge is 2.17. The SMILES string of the molecule is Cc1ncc(NC(=O)c2cc(F)cc(N3CCOCC3)c2)cc1C(=O)Nc1ccc(OCCN2CCOCC2)cc1. The van der Waals surface area contributed by atoms with E-state index >= 15 is 0 Å². The summed E-state index contributed by atoms with van der Waals surface area (Å²) in [7, 11) is 0. The van der Waals surface area contributed by atoms with Gasteiger partial charge in [0.15, 0.2) is 0 Å². The van der Waals surface area contributed by atoms with Gasteiger partial charge in [-0.3, -0.25) is 19.5 Å². The van der Waals surface area contributed by atoms with Gasteiger partial charge in [-0.1, -0.05) is 0 Å². The molecule has 2 fully saturated rings. The Labute approximate surface area is 238 Å². The van der Waals surface area contributed by atoms with E-state index in [-0.39, 0.29) is 11.5 Å². The van der Waals surface area contributed by atoms with Crippen molar-refractivity contribution in [2.75, 3.05) is 81.3 Å². The second kappa shape index (κ2) is 13.5. The minimum Gasteiger partial charge on any atom is -0.492 e. The number of carbonyl (C=O) groups excluding carboxylic acids is 2. The number of benzene rings is 2. The Bertz CT molecular complexity index is 1360. The van der Waals surface area contributed by atoms with Gasteiger partial charge in [-0.2, -0.15) is 0 Å². The Hall–Kier alpha value is -4.06. The Morgan fingerprint density at radius 1 is 0.902 bits per heavy atom. The van der Waals surface area contributed by atoms with E-state index in [0.717, 1.165) is 32.8 Å². The van der Waals surface area contributed by atoms with Crippen LogP contribution in [0, 0.1) is 12.7 Å². The lowest BCUT2D eigenvalue weighted by Crippen LogP contribution is -2.38. The number of morpholine rings is 2. The summed E-state index contributed by atoms with van der Waals surface area (Å²) in [5, 5.41) is 5.60. The maximum absolute atomic E-state index is 14.4. The second-order valence-corrected chi connectivity index (χ2v) is 9.89. The van der Waals surface area contributed by atoms with E-state index < -0.39 is 11.7 Å². The number of amides is 2. The number of aromatic nitrogens is 1. The summed E-state index contributed by atoms with van der Waals surface area (Å²) in [5.74, 6) is -0.657. The zero-order valence-corrected chi connectivity index (χ0v) is 23.0. The highest BCUT2D eigenvalue weighted by Crippen LogP contribution is 2.22. The lowest BCUT2D eigenvalue weighted by molar-refractivity contribution is 0.0322. The number of hydrogen-bond donors (Lipinski definition) is 2. The van der Waals surface area contributed by atoms with E-state index in [1.165, 1.54) is 18.3 Å². The normalized spacial score (nSPS) is 15.8. The summed E-state index contributed by atoms with van der Waals surface area (Å²) in [4.78, 5) is 34.6. The van der Waals surface area contributed by atoms with Gasteiger partial charge in [0.05, 0.1) is 49.6 Å². The van der Waals surface area contributed by atoms with Crippen molar-refractivity contribution in [1.82, 2.24) is 9.88 Å². The molecule has 216 valence electrons. The predicted molar refractivity (Wildman–Crippen MR) is 154 cm³/mol. The lowest BCUT2D eigenvalue weighted by Gasteiger charge is -2.29. The van der Waals surface area contributed by atoms with Gasteiger partial charge in [0.2, 0.25) is 0 Å². The molecule has 2 aliphatic heterocycles. The second-order valence-electron chi connectivity index (χ2n) is 9.89. The van der Waals surface area contributed by atoms with E-state index in [4.69, 9.17) is 14.2 Å². The Balaban J connectivity index is 1.18. The molecular formula is C30H34FN5O5. The maximum atomic E-state index is 14.4. The molecule has 2 saturated heterocycles. The molecule has 11 heteroatoms. The average molecular weight is 564 g/mol. The van der Waals surface area contributed by atoms with E-state index in [0.29, 0.717) is 67.0 Å². The van der Waals surface area contributed by atoms with Crippen LogP contribution in [0.4, 0.5) is 21.5 Å². The van der Waals surface area contributed by atoms with Crippen molar-refractivity contribution in [3.63, 3.8) is 0 Å². The van der Waals surface area contributed by atoms with Crippen LogP contribution in [-0.2, 0) is 9.47 Å². The van der Waals surface area contributed by atoms with Crippen LogP contribution in [0.5, 0.6) is 5.75 Å². The Morgan fingerprint density at radius 3 is 2.32 bits per heavy atom. The molecule has 0 aliphatic carbocycles. The van der Waals surface area contributed by atoms with Crippen LogP contribution in [0.1, 0.15) is 26.4 Å². The number of aryl methyl sites for hydroxylation is 1. The highest BCUT2D eigenvalue weighted by atomic mass is 19.1. The van der Waals surface area contributed by atoms with Gasteiger partial charge < -0.3 is 29.7 Å². The molecule has 10 nitrogen and oxygen atoms in total. The number of anilines is 3. The Morgan fingerprint density at radius 2 is 1.59 bits per heavy atom. The third kappa shape index (κ3) is 7.78. The number of halogens is 1. The zero-order chi connectivity index (χ0) is 28.6. The molecule has 3 heterocycles. The van der Waals surface area contributed by atoms with Crippen LogP contribution >= 0.6 is 0 Å². The van der Waals surface area contributed by atoms with Crippen molar-refractivity contribution < 1.29 is 28.2 Å². The number of nitrogens with zero attached hydrogens (tertiary/aromatic N) is 3. The number of pyridine rings is 1. The minimum atomic E-state index is -0.505. The van der Waals surface area contributed by atoms with Gasteiger partial charge in [-0.25, -0.2) is 4.39 Å². The van der Waals surface area contributed by atoms with Gasteiger partial charge in [0, 0.05) is 49.7 Å². The molecule has 3 aromatic rings. The third-order valence-corrected chi connectivity index (χ3v) is 7.00. The molecule has 2 N–H and O–H groups in total. The molecule has 0 spiro atoms. The quantitative estimate of drug-likeness (QED) is 0.407. The Kier molecular flexibility index (Phi) is 9.40. The molecule has 2 amide bonds. The fraction of sp³-hybridized carbons (Fsp3) is 0.367. The van der Waals surface area contributed by atoms with E-state index in [1.807, 2.05) is 4.90 Å². The van der Waals surface area contributed by atoms with Gasteiger partial charge in [0.25, 0.3) is 11.8 Å². The topological polar surface area (TPSA) is 105 Å². The first kappa shape index (κ1) is 28.5. The fourth-order valence-electron chi connectivity index (χ4n) is 4.69. The molecule has 0 unspecified atom stereocenters. The predicted octanol–water partition coefficient (Wildman–Crippen LogP) is 3.58. The molecular weight excluding hydrogens is 529 g/mol. The van der Waals surface area contributed by atoms with Crippen LogP contribution in [0.3, 0.4) is 0 Å². The van der Waals surface area contributed by atoms with Gasteiger partial charge in [-0.05, 0) is 55.5 Å². The van der Waals surface area contributed by atoms with Crippen LogP contribution < -0.4 is 20.3 Å². The van der Waals surface area contributed by atoms with Crippen molar-refractivity contribution in [2.24, 2.45) is 0 Å². The molecule has 2 aromatic carbocycles. The van der Waals surface area contributed by atoms with Crippen molar-refractivity contribution in [1.29, 1.82) is 0 Å². The summed E-state index contributed by atoms with van der Waals surface area (Å²) in [6.07, 6.45) is 1.47. The largest absolute Gasteiger partial charge is 0.492 e. The van der Waals surface area contributed by atoms with Crippen molar-refractivity contribution in [2.45, 2.75) is 6.92 Å². The molecule has 0 bridgehead atoms. The maximum Gasteiger partial charge on any atom is 0.257 e. The number of nitrogens with one attached hydrogen (secondary N) is 2. The van der Waals surface area contributed by atoms with Crippen molar-refractivity contribution in [3.8, 4) is 5.75 Å². The minimum absolute atomic E-state index is 0.172. The van der Waals surface area contributed by atoms with Crippen LogP contribution in [0.2, 0.25) is 0 Å². The van der Waals surface area contributed by atoms with Crippen molar-refractivity contribution in [3.05, 3.63) is 77.4 Å². The van der Waals surface area contributed by atoms with E-state index in [2.05, 4.69) is 20.5 Å². The summed E-state index contributed by atoms with van der Waals surface area (Å²) in [5.41, 5.74) is 2.52. The van der Waals surface area contributed by atoms with Crippen molar-refractivity contribution >= 4 is 28.9 Å². The number of carbonyl (C=O) groups is 2. The van der Waals surface area contributed by atoms with Crippen LogP contribution in [0.15, 0.2) is 54.7 Å².